The van der Waals surface area contributed by atoms with Gasteiger partial charge in [0.25, 0.3) is 5.13 Å². The lowest BCUT2D eigenvalue weighted by molar-refractivity contribution is -0.396. The zero-order chi connectivity index (χ0) is 18.7. The minimum Gasteiger partial charge on any atom is -0.184 e. The van der Waals surface area contributed by atoms with Crippen LogP contribution in [0.5, 0.6) is 0 Å². The Balaban J connectivity index is 1.78. The first-order chi connectivity index (χ1) is 13.1. The Kier molecular flexibility index (Phi) is 4.85. The van der Waals surface area contributed by atoms with E-state index in [4.69, 9.17) is 0 Å². The topological polar surface area (TPSA) is 63.6 Å². The van der Waals surface area contributed by atoms with Crippen LogP contribution in [0.1, 0.15) is 0 Å². The summed E-state index contributed by atoms with van der Waals surface area (Å²) >= 11 is 1.38. The molecule has 2 N–H and O–H groups in total. The lowest BCUT2D eigenvalue weighted by Gasteiger charge is -2.01. The largest absolute Gasteiger partial charge is 0.330 e. The molecule has 134 valence electrons. The molecule has 27 heavy (non-hydrogen) atoms. The van der Waals surface area contributed by atoms with Crippen molar-refractivity contribution >= 4 is 26.5 Å². The first-order valence-corrected chi connectivity index (χ1v) is 10.8. The molecular formula is C21H17N2O2S2+. The highest BCUT2D eigenvalue weighted by atomic mass is 32.2. The third-order valence-corrected chi connectivity index (χ3v) is 6.72. The number of aromatic nitrogens is 1. The van der Waals surface area contributed by atoms with E-state index in [1.165, 1.54) is 16.1 Å². The number of quaternary nitrogens is 1. The van der Waals surface area contributed by atoms with Gasteiger partial charge in [0.1, 0.15) is 4.90 Å². The Morgan fingerprint density at radius 2 is 1.22 bits per heavy atom. The minimum absolute atomic E-state index is 0.266. The van der Waals surface area contributed by atoms with Crippen LogP contribution in [0.25, 0.3) is 21.7 Å². The predicted molar refractivity (Wildman–Crippen MR) is 108 cm³/mol. The van der Waals surface area contributed by atoms with E-state index in [2.05, 4.69) is 4.98 Å². The summed E-state index contributed by atoms with van der Waals surface area (Å²) in [5, 5.41) is 0.469. The van der Waals surface area contributed by atoms with Crippen molar-refractivity contribution in [3.05, 3.63) is 91.0 Å². The Morgan fingerprint density at radius 1 is 0.704 bits per heavy atom. The molecule has 0 aliphatic rings. The van der Waals surface area contributed by atoms with Crippen molar-refractivity contribution in [1.29, 1.82) is 0 Å². The number of thiazole rings is 1. The van der Waals surface area contributed by atoms with Gasteiger partial charge in [-0.1, -0.05) is 90.2 Å². The molecule has 0 spiro atoms. The molecule has 6 heteroatoms. The van der Waals surface area contributed by atoms with Crippen molar-refractivity contribution in [3.63, 3.8) is 0 Å². The first-order valence-electron chi connectivity index (χ1n) is 8.40. The second-order valence-electron chi connectivity index (χ2n) is 5.94. The summed E-state index contributed by atoms with van der Waals surface area (Å²) in [7, 11) is -3.56. The highest BCUT2D eigenvalue weighted by molar-refractivity contribution is 7.85. The normalized spacial score (nSPS) is 11.4. The highest BCUT2D eigenvalue weighted by Crippen LogP contribution is 2.37. The SMILES string of the molecule is O=S(=O)([NH2+]c1nc(-c2ccccc2)c(-c2ccccc2)s1)c1ccccc1. The fourth-order valence-corrected chi connectivity index (χ4v) is 5.20. The van der Waals surface area contributed by atoms with Crippen molar-refractivity contribution in [1.82, 2.24) is 4.98 Å². The first kappa shape index (κ1) is 17.6. The molecule has 4 rings (SSSR count). The van der Waals surface area contributed by atoms with Gasteiger partial charge in [-0.3, -0.25) is 0 Å². The Hall–Kier alpha value is -2.80. The maximum Gasteiger partial charge on any atom is 0.330 e. The summed E-state index contributed by atoms with van der Waals surface area (Å²) in [5.41, 5.74) is 2.77. The van der Waals surface area contributed by atoms with E-state index in [-0.39, 0.29) is 4.90 Å². The zero-order valence-electron chi connectivity index (χ0n) is 14.3. The number of hydrogen-bond donors (Lipinski definition) is 1. The van der Waals surface area contributed by atoms with E-state index in [1.54, 1.807) is 30.3 Å². The van der Waals surface area contributed by atoms with Gasteiger partial charge < -0.3 is 0 Å². The average Bonchev–Trinajstić information content (AvgIpc) is 3.13. The van der Waals surface area contributed by atoms with E-state index in [0.29, 0.717) is 5.13 Å². The van der Waals surface area contributed by atoms with Crippen molar-refractivity contribution in [2.24, 2.45) is 0 Å². The number of benzene rings is 3. The summed E-state index contributed by atoms with van der Waals surface area (Å²) in [6, 6.07) is 28.1. The molecule has 4 nitrogen and oxygen atoms in total. The average molecular weight is 394 g/mol. The van der Waals surface area contributed by atoms with Gasteiger partial charge in [-0.15, -0.1) is 0 Å². The van der Waals surface area contributed by atoms with E-state index in [9.17, 15) is 8.42 Å². The van der Waals surface area contributed by atoms with E-state index in [1.807, 2.05) is 60.7 Å². The molecule has 0 fully saturated rings. The summed E-state index contributed by atoms with van der Waals surface area (Å²) in [6.07, 6.45) is 0. The molecule has 4 aromatic rings. The minimum atomic E-state index is -3.56. The molecule has 3 aromatic carbocycles. The van der Waals surface area contributed by atoms with Gasteiger partial charge in [0.15, 0.2) is 0 Å². The van der Waals surface area contributed by atoms with Gasteiger partial charge in [-0.25, -0.2) is 0 Å². The number of rotatable bonds is 5. The second kappa shape index (κ2) is 7.44. The van der Waals surface area contributed by atoms with Crippen LogP contribution >= 0.6 is 11.3 Å². The zero-order valence-corrected chi connectivity index (χ0v) is 16.0. The molecule has 0 aliphatic carbocycles. The molecule has 0 unspecified atom stereocenters. The summed E-state index contributed by atoms with van der Waals surface area (Å²) < 4.78 is 26.7. The van der Waals surface area contributed by atoms with Crippen LogP contribution in [0.15, 0.2) is 95.9 Å². The molecular weight excluding hydrogens is 376 g/mol. The monoisotopic (exact) mass is 393 g/mol. The molecule has 0 saturated carbocycles. The Bertz CT molecular complexity index is 1080. The standard InChI is InChI=1S/C21H16N2O2S2/c24-27(25,18-14-8-3-9-15-18)23-21-22-19(16-10-4-1-5-11-16)20(26-21)17-12-6-2-7-13-17/h1-15H,(H,22,23)/p+1. The summed E-state index contributed by atoms with van der Waals surface area (Å²) in [6.45, 7) is 0. The van der Waals surface area contributed by atoms with E-state index < -0.39 is 10.0 Å². The van der Waals surface area contributed by atoms with Gasteiger partial charge in [0, 0.05) is 5.56 Å². The maximum atomic E-state index is 12.7. The predicted octanol–water partition coefficient (Wildman–Crippen LogP) is 4.06. The quantitative estimate of drug-likeness (QED) is 0.556. The lowest BCUT2D eigenvalue weighted by atomic mass is 10.1. The number of nitrogens with zero attached hydrogens (tertiary/aromatic N) is 1. The Morgan fingerprint density at radius 3 is 1.81 bits per heavy atom. The Labute approximate surface area is 162 Å². The highest BCUT2D eigenvalue weighted by Gasteiger charge is 2.24. The van der Waals surface area contributed by atoms with Gasteiger partial charge in [-0.05, 0) is 17.7 Å². The van der Waals surface area contributed by atoms with Crippen LogP contribution in [0.2, 0.25) is 0 Å². The molecule has 1 aromatic heterocycles. The maximum absolute atomic E-state index is 12.7. The van der Waals surface area contributed by atoms with Gasteiger partial charge in [0.2, 0.25) is 0 Å². The molecule has 0 atom stereocenters. The fraction of sp³-hybridized carbons (Fsp3) is 0. The fourth-order valence-electron chi connectivity index (χ4n) is 2.77. The molecule has 0 bridgehead atoms. The molecule has 0 saturated heterocycles. The molecule has 0 aliphatic heterocycles. The third kappa shape index (κ3) is 3.83. The third-order valence-electron chi connectivity index (χ3n) is 4.05. The van der Waals surface area contributed by atoms with Gasteiger partial charge >= 0.3 is 10.0 Å². The number of hydrogen-bond acceptors (Lipinski definition) is 4. The van der Waals surface area contributed by atoms with Crippen molar-refractivity contribution in [2.45, 2.75) is 4.90 Å². The van der Waals surface area contributed by atoms with Crippen LogP contribution < -0.4 is 4.72 Å². The van der Waals surface area contributed by atoms with Gasteiger partial charge in [0.05, 0.1) is 10.6 Å². The molecule has 1 heterocycles. The van der Waals surface area contributed by atoms with Crippen LogP contribution in [0.3, 0.4) is 0 Å². The van der Waals surface area contributed by atoms with Crippen molar-refractivity contribution in [2.75, 3.05) is 0 Å². The molecule has 0 radical (unpaired) electrons. The smallest absolute Gasteiger partial charge is 0.184 e. The second-order valence-corrected chi connectivity index (χ2v) is 8.77. The number of nitrogens with two attached hydrogens (primary N) is 1. The van der Waals surface area contributed by atoms with Crippen LogP contribution in [0, 0.1) is 0 Å². The summed E-state index contributed by atoms with van der Waals surface area (Å²) in [4.78, 5) is 5.87. The molecule has 0 amide bonds. The van der Waals surface area contributed by atoms with Gasteiger partial charge in [-0.2, -0.15) is 18.1 Å². The van der Waals surface area contributed by atoms with Crippen LogP contribution in [-0.4, -0.2) is 13.4 Å². The lowest BCUT2D eigenvalue weighted by Crippen LogP contribution is -2.81. The van der Waals surface area contributed by atoms with Crippen molar-refractivity contribution in [3.8, 4) is 21.7 Å². The van der Waals surface area contributed by atoms with Crippen LogP contribution in [-0.2, 0) is 10.0 Å². The number of primary sulfonamides is 1. The van der Waals surface area contributed by atoms with E-state index in [0.717, 1.165) is 21.7 Å². The number of sulfonamides is 1. The summed E-state index contributed by atoms with van der Waals surface area (Å²) in [5.74, 6) is 0. The van der Waals surface area contributed by atoms with Crippen molar-refractivity contribution < 1.29 is 13.1 Å². The van der Waals surface area contributed by atoms with Crippen LogP contribution in [0.4, 0.5) is 5.13 Å². The van der Waals surface area contributed by atoms with E-state index >= 15 is 0 Å².